The van der Waals surface area contributed by atoms with Crippen LogP contribution in [-0.4, -0.2) is 35.5 Å². The summed E-state index contributed by atoms with van der Waals surface area (Å²) in [7, 11) is 0. The molecule has 2 bridgehead atoms. The highest BCUT2D eigenvalue weighted by Crippen LogP contribution is 2.39. The van der Waals surface area contributed by atoms with Crippen LogP contribution in [0.2, 0.25) is 0 Å². The summed E-state index contributed by atoms with van der Waals surface area (Å²) in [4.78, 5) is 15.6. The van der Waals surface area contributed by atoms with E-state index in [4.69, 9.17) is 0 Å². The molecule has 0 aliphatic carbocycles. The van der Waals surface area contributed by atoms with Crippen LogP contribution in [0, 0.1) is 17.6 Å². The number of fused-ring (bicyclic) bond motifs is 4. The standard InChI is InChI=1S/C18H20F2N2OS/c1-18(2)16(10-3-5-22(18)6-4-10)21-17(23)14-8-11-7-12(19)9-13(20)15(11)24-14/h7-10,16H,3-6H2,1-2H3,(H,21,23)/t16-/m0/s1. The summed E-state index contributed by atoms with van der Waals surface area (Å²) in [6.45, 7) is 6.50. The zero-order chi connectivity index (χ0) is 17.1. The summed E-state index contributed by atoms with van der Waals surface area (Å²) in [5.41, 5.74) is -0.0785. The fourth-order valence-electron chi connectivity index (χ4n) is 4.28. The maximum absolute atomic E-state index is 13.9. The van der Waals surface area contributed by atoms with E-state index in [-0.39, 0.29) is 17.5 Å². The molecule has 0 spiro atoms. The first kappa shape index (κ1) is 16.0. The maximum Gasteiger partial charge on any atom is 0.261 e. The number of benzene rings is 1. The van der Waals surface area contributed by atoms with Gasteiger partial charge < -0.3 is 5.32 Å². The van der Waals surface area contributed by atoms with Crippen LogP contribution < -0.4 is 5.32 Å². The summed E-state index contributed by atoms with van der Waals surface area (Å²) in [6, 6.07) is 3.79. The fourth-order valence-corrected chi connectivity index (χ4v) is 5.23. The van der Waals surface area contributed by atoms with Gasteiger partial charge in [0, 0.05) is 17.6 Å². The highest BCUT2D eigenvalue weighted by Gasteiger charge is 2.48. The smallest absolute Gasteiger partial charge is 0.261 e. The number of halogens is 2. The van der Waals surface area contributed by atoms with E-state index < -0.39 is 11.6 Å². The molecule has 3 fully saturated rings. The first-order valence-electron chi connectivity index (χ1n) is 8.31. The number of amides is 1. The normalized spacial score (nSPS) is 28.2. The Kier molecular flexibility index (Phi) is 3.65. The molecule has 1 N–H and O–H groups in total. The Bertz CT molecular complexity index is 809. The highest BCUT2D eigenvalue weighted by molar-refractivity contribution is 7.20. The molecular formula is C18H20F2N2OS. The van der Waals surface area contributed by atoms with Gasteiger partial charge >= 0.3 is 0 Å². The van der Waals surface area contributed by atoms with E-state index in [1.54, 1.807) is 6.07 Å². The fraction of sp³-hybridized carbons (Fsp3) is 0.500. The predicted octanol–water partition coefficient (Wildman–Crippen LogP) is 3.78. The summed E-state index contributed by atoms with van der Waals surface area (Å²) in [5.74, 6) is -0.944. The lowest BCUT2D eigenvalue weighted by Crippen LogP contribution is -2.69. The van der Waals surface area contributed by atoms with E-state index in [2.05, 4.69) is 24.1 Å². The molecule has 128 valence electrons. The Morgan fingerprint density at radius 2 is 1.96 bits per heavy atom. The number of carbonyl (C=O) groups excluding carboxylic acids is 1. The van der Waals surface area contributed by atoms with Crippen LogP contribution in [0.1, 0.15) is 36.4 Å². The predicted molar refractivity (Wildman–Crippen MR) is 91.4 cm³/mol. The second kappa shape index (κ2) is 5.49. The van der Waals surface area contributed by atoms with Crippen LogP contribution in [0.4, 0.5) is 8.78 Å². The molecule has 6 heteroatoms. The van der Waals surface area contributed by atoms with Gasteiger partial charge in [-0.15, -0.1) is 11.3 Å². The van der Waals surface area contributed by atoms with Gasteiger partial charge in [-0.1, -0.05) is 0 Å². The number of rotatable bonds is 2. The van der Waals surface area contributed by atoms with Crippen LogP contribution >= 0.6 is 11.3 Å². The second-order valence-electron chi connectivity index (χ2n) is 7.35. The molecule has 3 saturated heterocycles. The van der Waals surface area contributed by atoms with Crippen LogP contribution in [0.25, 0.3) is 10.1 Å². The number of hydrogen-bond acceptors (Lipinski definition) is 3. The van der Waals surface area contributed by atoms with E-state index in [9.17, 15) is 13.6 Å². The van der Waals surface area contributed by atoms with Crippen molar-refractivity contribution in [1.29, 1.82) is 0 Å². The van der Waals surface area contributed by atoms with E-state index in [1.807, 2.05) is 0 Å². The molecule has 0 saturated carbocycles. The van der Waals surface area contributed by atoms with E-state index in [0.717, 1.165) is 43.3 Å². The summed E-state index contributed by atoms with van der Waals surface area (Å²) in [6.07, 6.45) is 2.20. The summed E-state index contributed by atoms with van der Waals surface area (Å²) >= 11 is 1.08. The van der Waals surface area contributed by atoms with Gasteiger partial charge in [0.15, 0.2) is 0 Å². The molecule has 3 aliphatic rings. The van der Waals surface area contributed by atoms with Crippen molar-refractivity contribution in [2.75, 3.05) is 13.1 Å². The zero-order valence-corrected chi connectivity index (χ0v) is 14.6. The monoisotopic (exact) mass is 350 g/mol. The quantitative estimate of drug-likeness (QED) is 0.894. The van der Waals surface area contributed by atoms with Crippen molar-refractivity contribution in [3.8, 4) is 0 Å². The van der Waals surface area contributed by atoms with Gasteiger partial charge in [0.05, 0.1) is 9.58 Å². The molecule has 2 aromatic rings. The van der Waals surface area contributed by atoms with Crippen LogP contribution in [-0.2, 0) is 0 Å². The van der Waals surface area contributed by atoms with Crippen molar-refractivity contribution in [2.24, 2.45) is 5.92 Å². The minimum absolute atomic E-state index is 0.0785. The zero-order valence-electron chi connectivity index (χ0n) is 13.7. The van der Waals surface area contributed by atoms with Crippen LogP contribution in [0.5, 0.6) is 0 Å². The topological polar surface area (TPSA) is 32.3 Å². The molecule has 5 rings (SSSR count). The third-order valence-electron chi connectivity index (χ3n) is 5.63. The van der Waals surface area contributed by atoms with Gasteiger partial charge in [0.2, 0.25) is 0 Å². The number of nitrogens with zero attached hydrogens (tertiary/aromatic N) is 1. The van der Waals surface area contributed by atoms with E-state index in [0.29, 0.717) is 20.9 Å². The molecular weight excluding hydrogens is 330 g/mol. The van der Waals surface area contributed by atoms with Crippen LogP contribution in [0.3, 0.4) is 0 Å². The molecule has 1 amide bonds. The second-order valence-corrected chi connectivity index (χ2v) is 8.40. The highest BCUT2D eigenvalue weighted by atomic mass is 32.1. The maximum atomic E-state index is 13.9. The first-order chi connectivity index (χ1) is 11.4. The SMILES string of the molecule is CC1(C)[C@@H](NC(=O)c2cc3cc(F)cc(F)c3s2)C2CCN1CC2. The van der Waals surface area contributed by atoms with Gasteiger partial charge in [0.1, 0.15) is 11.6 Å². The molecule has 1 atom stereocenters. The van der Waals surface area contributed by atoms with Crippen molar-refractivity contribution in [3.05, 3.63) is 34.7 Å². The molecule has 0 unspecified atom stereocenters. The Morgan fingerprint density at radius 1 is 1.25 bits per heavy atom. The van der Waals surface area contributed by atoms with Crippen molar-refractivity contribution < 1.29 is 13.6 Å². The van der Waals surface area contributed by atoms with Gasteiger partial charge in [-0.25, -0.2) is 8.78 Å². The van der Waals surface area contributed by atoms with Gasteiger partial charge in [0.25, 0.3) is 5.91 Å². The molecule has 4 heterocycles. The summed E-state index contributed by atoms with van der Waals surface area (Å²) < 4.78 is 27.5. The minimum atomic E-state index is -0.622. The van der Waals surface area contributed by atoms with Gasteiger partial charge in [-0.05, 0) is 63.2 Å². The lowest BCUT2D eigenvalue weighted by Gasteiger charge is -2.56. The van der Waals surface area contributed by atoms with E-state index >= 15 is 0 Å². The number of carbonyl (C=O) groups is 1. The first-order valence-corrected chi connectivity index (χ1v) is 9.12. The number of nitrogens with one attached hydrogen (secondary N) is 1. The third kappa shape index (κ3) is 2.43. The van der Waals surface area contributed by atoms with Crippen molar-refractivity contribution in [2.45, 2.75) is 38.3 Å². The lowest BCUT2D eigenvalue weighted by molar-refractivity contribution is -0.0377. The molecule has 1 aromatic heterocycles. The molecule has 3 nitrogen and oxygen atoms in total. The molecule has 1 aromatic carbocycles. The Hall–Kier alpha value is -1.53. The lowest BCUT2D eigenvalue weighted by atomic mass is 9.72. The average Bonchev–Trinajstić information content (AvgIpc) is 2.95. The number of thiophene rings is 1. The minimum Gasteiger partial charge on any atom is -0.346 e. The number of piperidine rings is 3. The van der Waals surface area contributed by atoms with Crippen molar-refractivity contribution >= 4 is 27.3 Å². The number of hydrogen-bond donors (Lipinski definition) is 1. The third-order valence-corrected chi connectivity index (χ3v) is 6.79. The Morgan fingerprint density at radius 3 is 2.62 bits per heavy atom. The largest absolute Gasteiger partial charge is 0.346 e. The van der Waals surface area contributed by atoms with Crippen molar-refractivity contribution in [3.63, 3.8) is 0 Å². The molecule has 24 heavy (non-hydrogen) atoms. The Balaban J connectivity index is 1.61. The molecule has 3 aliphatic heterocycles. The van der Waals surface area contributed by atoms with Crippen LogP contribution in [0.15, 0.2) is 18.2 Å². The Labute approximate surface area is 143 Å². The van der Waals surface area contributed by atoms with Gasteiger partial charge in [-0.2, -0.15) is 0 Å². The van der Waals surface area contributed by atoms with Gasteiger partial charge in [-0.3, -0.25) is 9.69 Å². The van der Waals surface area contributed by atoms with Crippen molar-refractivity contribution in [1.82, 2.24) is 10.2 Å². The molecule has 0 radical (unpaired) electrons. The average molecular weight is 350 g/mol. The summed E-state index contributed by atoms with van der Waals surface area (Å²) in [5, 5.41) is 3.61. The van der Waals surface area contributed by atoms with E-state index in [1.165, 1.54) is 6.07 Å².